The number of aliphatic carboxylic acids is 1. The standard InChI is InChI=1S/C24H23F3N2O5/c25-24(26,27)34-14-6-3-5-13(11-14)21(31)19(30)12-23(28,22(32)33)20-15-7-1-2-9-17(15)29-18-10-4-8-16(18)20/h1-3,5-7,9,11,16,18,20,29H,4,8,10,12,28H2,(H,32,33)/t16-,18+,20?,23?/m0/s1. The maximum absolute atomic E-state index is 12.9. The molecule has 0 aromatic heterocycles. The van der Waals surface area contributed by atoms with E-state index >= 15 is 0 Å². The van der Waals surface area contributed by atoms with Crippen LogP contribution in [0.25, 0.3) is 0 Å². The number of nitrogens with two attached hydrogens (primary N) is 1. The Balaban J connectivity index is 1.64. The molecule has 4 N–H and O–H groups in total. The van der Waals surface area contributed by atoms with Crippen LogP contribution < -0.4 is 15.8 Å². The molecule has 4 rings (SSSR count). The van der Waals surface area contributed by atoms with Gasteiger partial charge in [0.25, 0.3) is 0 Å². The Bertz CT molecular complexity index is 1140. The first-order chi connectivity index (χ1) is 16.0. The van der Waals surface area contributed by atoms with Gasteiger partial charge in [0, 0.05) is 29.6 Å². The molecule has 1 heterocycles. The van der Waals surface area contributed by atoms with Gasteiger partial charge in [0.15, 0.2) is 0 Å². The lowest BCUT2D eigenvalue weighted by molar-refractivity contribution is -0.274. The Kier molecular flexibility index (Phi) is 6.11. The topological polar surface area (TPSA) is 119 Å². The smallest absolute Gasteiger partial charge is 0.480 e. The van der Waals surface area contributed by atoms with Crippen molar-refractivity contribution in [2.75, 3.05) is 5.32 Å². The predicted octanol–water partition coefficient (Wildman–Crippen LogP) is 3.89. The summed E-state index contributed by atoms with van der Waals surface area (Å²) in [6.07, 6.45) is -3.37. The number of Topliss-reactive ketones (excluding diaryl/α,β-unsaturated/α-hetero) is 2. The Labute approximate surface area is 193 Å². The number of fused-ring (bicyclic) bond motifs is 2. The SMILES string of the molecule is NC(CC(=O)C(=O)c1cccc(OC(F)(F)F)c1)(C(=O)O)C1c2ccccc2N[C@@H]2CCC[C@H]12. The van der Waals surface area contributed by atoms with E-state index in [9.17, 15) is 32.7 Å². The van der Waals surface area contributed by atoms with Gasteiger partial charge in [0.1, 0.15) is 11.3 Å². The largest absolute Gasteiger partial charge is 0.573 e. The first-order valence-electron chi connectivity index (χ1n) is 10.8. The molecular weight excluding hydrogens is 453 g/mol. The van der Waals surface area contributed by atoms with E-state index in [2.05, 4.69) is 10.1 Å². The second-order valence-corrected chi connectivity index (χ2v) is 8.76. The third-order valence-electron chi connectivity index (χ3n) is 6.62. The summed E-state index contributed by atoms with van der Waals surface area (Å²) in [5.41, 5.74) is 5.42. The minimum Gasteiger partial charge on any atom is -0.480 e. The van der Waals surface area contributed by atoms with E-state index in [-0.39, 0.29) is 17.5 Å². The molecule has 34 heavy (non-hydrogen) atoms. The van der Waals surface area contributed by atoms with Crippen molar-refractivity contribution in [3.05, 3.63) is 59.7 Å². The monoisotopic (exact) mass is 476 g/mol. The summed E-state index contributed by atoms with van der Waals surface area (Å²) in [5.74, 6) is -5.19. The van der Waals surface area contributed by atoms with Gasteiger partial charge in [-0.2, -0.15) is 0 Å². The van der Waals surface area contributed by atoms with E-state index in [0.29, 0.717) is 12.0 Å². The second kappa shape index (κ2) is 8.75. The average molecular weight is 476 g/mol. The molecule has 10 heteroatoms. The Morgan fingerprint density at radius 1 is 1.09 bits per heavy atom. The summed E-state index contributed by atoms with van der Waals surface area (Å²) >= 11 is 0. The minimum absolute atomic E-state index is 0.0100. The van der Waals surface area contributed by atoms with Crippen LogP contribution in [-0.2, 0) is 9.59 Å². The summed E-state index contributed by atoms with van der Waals surface area (Å²) in [5, 5.41) is 13.6. The molecule has 0 amide bonds. The number of carboxylic acids is 1. The van der Waals surface area contributed by atoms with Gasteiger partial charge in [-0.25, -0.2) is 0 Å². The zero-order chi connectivity index (χ0) is 24.7. The van der Waals surface area contributed by atoms with Crippen LogP contribution in [0.2, 0.25) is 0 Å². The molecule has 0 spiro atoms. The molecule has 2 aliphatic rings. The number of hydrogen-bond acceptors (Lipinski definition) is 6. The molecule has 2 aromatic carbocycles. The van der Waals surface area contributed by atoms with Gasteiger partial charge in [-0.05, 0) is 42.5 Å². The molecule has 0 saturated heterocycles. The van der Waals surface area contributed by atoms with Crippen LogP contribution in [0, 0.1) is 5.92 Å². The van der Waals surface area contributed by atoms with E-state index in [4.69, 9.17) is 5.73 Å². The van der Waals surface area contributed by atoms with Crippen LogP contribution in [0.15, 0.2) is 48.5 Å². The van der Waals surface area contributed by atoms with Crippen molar-refractivity contribution >= 4 is 23.2 Å². The van der Waals surface area contributed by atoms with Gasteiger partial charge in [0.05, 0.1) is 0 Å². The summed E-state index contributed by atoms with van der Waals surface area (Å²) in [6.45, 7) is 0. The lowest BCUT2D eigenvalue weighted by Gasteiger charge is -2.44. The number of alkyl halides is 3. The highest BCUT2D eigenvalue weighted by molar-refractivity contribution is 6.44. The van der Waals surface area contributed by atoms with Gasteiger partial charge in [-0.15, -0.1) is 13.2 Å². The molecule has 180 valence electrons. The quantitative estimate of drug-likeness (QED) is 0.410. The number of hydrogen-bond donors (Lipinski definition) is 3. The van der Waals surface area contributed by atoms with Crippen LogP contribution in [0.1, 0.15) is 47.5 Å². The maximum atomic E-state index is 12.9. The van der Waals surface area contributed by atoms with Crippen molar-refractivity contribution in [1.82, 2.24) is 0 Å². The highest BCUT2D eigenvalue weighted by Gasteiger charge is 2.53. The van der Waals surface area contributed by atoms with E-state index in [0.717, 1.165) is 42.8 Å². The molecule has 2 aromatic rings. The fourth-order valence-corrected chi connectivity index (χ4v) is 5.22. The van der Waals surface area contributed by atoms with Crippen LogP contribution >= 0.6 is 0 Å². The Hall–Kier alpha value is -3.40. The zero-order valence-electron chi connectivity index (χ0n) is 18.0. The number of nitrogens with one attached hydrogen (secondary N) is 1. The molecule has 1 aliphatic carbocycles. The average Bonchev–Trinajstić information content (AvgIpc) is 3.23. The number of carbonyl (C=O) groups excluding carboxylic acids is 2. The normalized spacial score (nSPS) is 23.1. The number of carboxylic acid groups (broad SMARTS) is 1. The van der Waals surface area contributed by atoms with E-state index in [1.54, 1.807) is 12.1 Å². The molecule has 0 radical (unpaired) electrons. The molecule has 4 atom stereocenters. The maximum Gasteiger partial charge on any atom is 0.573 e. The fourth-order valence-electron chi connectivity index (χ4n) is 5.22. The fraction of sp³-hybridized carbons (Fsp3) is 0.375. The predicted molar refractivity (Wildman–Crippen MR) is 116 cm³/mol. The minimum atomic E-state index is -4.97. The third kappa shape index (κ3) is 4.50. The van der Waals surface area contributed by atoms with Gasteiger partial charge in [-0.3, -0.25) is 14.4 Å². The number of ether oxygens (including phenoxy) is 1. The number of benzene rings is 2. The highest BCUT2D eigenvalue weighted by atomic mass is 19.4. The molecule has 1 aliphatic heterocycles. The molecule has 0 bridgehead atoms. The van der Waals surface area contributed by atoms with Crippen LogP contribution in [-0.4, -0.2) is 40.6 Å². The first-order valence-corrected chi connectivity index (χ1v) is 10.8. The number of carbonyl (C=O) groups is 3. The van der Waals surface area contributed by atoms with E-state index in [1.807, 2.05) is 12.1 Å². The van der Waals surface area contributed by atoms with Crippen LogP contribution in [0.5, 0.6) is 5.75 Å². The third-order valence-corrected chi connectivity index (χ3v) is 6.62. The highest BCUT2D eigenvalue weighted by Crippen LogP contribution is 2.50. The molecule has 2 unspecified atom stereocenters. The zero-order valence-corrected chi connectivity index (χ0v) is 18.0. The molecular formula is C24H23F3N2O5. The summed E-state index contributed by atoms with van der Waals surface area (Å²) in [4.78, 5) is 38.2. The number of anilines is 1. The number of rotatable bonds is 7. The second-order valence-electron chi connectivity index (χ2n) is 8.76. The molecule has 7 nitrogen and oxygen atoms in total. The summed E-state index contributed by atoms with van der Waals surface area (Å²) < 4.78 is 41.4. The number of ketones is 2. The summed E-state index contributed by atoms with van der Waals surface area (Å²) in [6, 6.07) is 11.2. The first kappa shape index (κ1) is 23.7. The van der Waals surface area contributed by atoms with Gasteiger partial charge in [0.2, 0.25) is 11.6 Å². The Morgan fingerprint density at radius 3 is 2.53 bits per heavy atom. The van der Waals surface area contributed by atoms with Gasteiger partial charge < -0.3 is 20.9 Å². The lowest BCUT2D eigenvalue weighted by Crippen LogP contribution is -2.59. The molecule has 1 saturated carbocycles. The van der Waals surface area contributed by atoms with Crippen molar-refractivity contribution < 1.29 is 37.4 Å². The Morgan fingerprint density at radius 2 is 1.82 bits per heavy atom. The number of halogens is 3. The van der Waals surface area contributed by atoms with Crippen molar-refractivity contribution in [2.45, 2.75) is 49.5 Å². The van der Waals surface area contributed by atoms with Crippen molar-refractivity contribution in [2.24, 2.45) is 11.7 Å². The van der Waals surface area contributed by atoms with Crippen LogP contribution in [0.4, 0.5) is 18.9 Å². The summed E-state index contributed by atoms with van der Waals surface area (Å²) in [7, 11) is 0. The van der Waals surface area contributed by atoms with E-state index in [1.165, 1.54) is 0 Å². The van der Waals surface area contributed by atoms with Crippen molar-refractivity contribution in [1.29, 1.82) is 0 Å². The van der Waals surface area contributed by atoms with Gasteiger partial charge >= 0.3 is 12.3 Å². The van der Waals surface area contributed by atoms with Crippen molar-refractivity contribution in [3.8, 4) is 5.75 Å². The van der Waals surface area contributed by atoms with E-state index < -0.39 is 47.5 Å². The lowest BCUT2D eigenvalue weighted by atomic mass is 9.66. The van der Waals surface area contributed by atoms with Crippen molar-refractivity contribution in [3.63, 3.8) is 0 Å². The van der Waals surface area contributed by atoms with Crippen LogP contribution in [0.3, 0.4) is 0 Å². The van der Waals surface area contributed by atoms with Gasteiger partial charge in [-0.1, -0.05) is 36.8 Å². The number of para-hydroxylation sites is 1. The molecule has 1 fully saturated rings.